The van der Waals surface area contributed by atoms with E-state index < -0.39 is 21.8 Å². The van der Waals surface area contributed by atoms with E-state index in [-0.39, 0.29) is 28.2 Å². The largest absolute Gasteiger partial charge is 0.379 e. The van der Waals surface area contributed by atoms with Crippen molar-refractivity contribution < 1.29 is 22.7 Å². The SMILES string of the molecule is C=CCN1C(=O)C(C#N)=C(C)/C(=C\c2cn(-c3ccccc3)nc2-c2ccc(S(=O)(=O)N3CCOCC3)cc2)C1=O. The predicted molar refractivity (Wildman–Crippen MR) is 152 cm³/mol. The van der Waals surface area contributed by atoms with E-state index >= 15 is 0 Å². The van der Waals surface area contributed by atoms with Gasteiger partial charge in [-0.05, 0) is 42.8 Å². The Hall–Kier alpha value is -4.63. The fourth-order valence-corrected chi connectivity index (χ4v) is 6.14. The van der Waals surface area contributed by atoms with E-state index in [0.717, 1.165) is 10.6 Å². The normalized spacial score (nSPS) is 17.7. The molecule has 41 heavy (non-hydrogen) atoms. The molecule has 5 rings (SSSR count). The van der Waals surface area contributed by atoms with Crippen molar-refractivity contribution in [3.8, 4) is 23.0 Å². The minimum Gasteiger partial charge on any atom is -0.379 e. The molecule has 0 N–H and O–H groups in total. The minimum absolute atomic E-state index is 0.0390. The van der Waals surface area contributed by atoms with Crippen LogP contribution in [0.25, 0.3) is 23.0 Å². The van der Waals surface area contributed by atoms with Gasteiger partial charge in [-0.2, -0.15) is 14.7 Å². The number of carbonyl (C=O) groups excluding carboxylic acids is 2. The third kappa shape index (κ3) is 5.28. The number of hydrogen-bond donors (Lipinski definition) is 0. The summed E-state index contributed by atoms with van der Waals surface area (Å²) in [7, 11) is -3.68. The van der Waals surface area contributed by atoms with Crippen LogP contribution in [0, 0.1) is 11.3 Å². The van der Waals surface area contributed by atoms with Crippen molar-refractivity contribution in [1.29, 1.82) is 5.26 Å². The first-order valence-corrected chi connectivity index (χ1v) is 14.3. The summed E-state index contributed by atoms with van der Waals surface area (Å²) in [5.41, 5.74) is 2.77. The summed E-state index contributed by atoms with van der Waals surface area (Å²) in [5.74, 6) is -1.21. The van der Waals surface area contributed by atoms with Crippen LogP contribution in [0.4, 0.5) is 0 Å². The quantitative estimate of drug-likeness (QED) is 0.243. The average molecular weight is 570 g/mol. The Morgan fingerprint density at radius 2 is 1.73 bits per heavy atom. The first-order valence-electron chi connectivity index (χ1n) is 12.9. The topological polar surface area (TPSA) is 126 Å². The fourth-order valence-electron chi connectivity index (χ4n) is 4.73. The predicted octanol–water partition coefficient (Wildman–Crippen LogP) is 3.34. The lowest BCUT2D eigenvalue weighted by atomic mass is 9.93. The molecule has 0 atom stereocenters. The van der Waals surface area contributed by atoms with Crippen LogP contribution in [-0.2, 0) is 24.3 Å². The number of ether oxygens (including phenoxy) is 1. The average Bonchev–Trinajstić information content (AvgIpc) is 3.43. The van der Waals surface area contributed by atoms with Crippen LogP contribution in [0.3, 0.4) is 0 Å². The summed E-state index contributed by atoms with van der Waals surface area (Å²) in [5, 5.41) is 14.4. The molecular weight excluding hydrogens is 542 g/mol. The number of rotatable bonds is 7. The van der Waals surface area contributed by atoms with Gasteiger partial charge in [-0.15, -0.1) is 6.58 Å². The fraction of sp³-hybridized carbons (Fsp3) is 0.200. The maximum atomic E-state index is 13.4. The number of amides is 2. The van der Waals surface area contributed by atoms with E-state index in [2.05, 4.69) is 6.58 Å². The second-order valence-corrected chi connectivity index (χ2v) is 11.4. The molecule has 0 radical (unpaired) electrons. The Balaban J connectivity index is 1.62. The van der Waals surface area contributed by atoms with Gasteiger partial charge >= 0.3 is 0 Å². The van der Waals surface area contributed by atoms with Crippen LogP contribution in [0.15, 0.2) is 95.1 Å². The van der Waals surface area contributed by atoms with Gasteiger partial charge in [-0.25, -0.2) is 13.1 Å². The maximum absolute atomic E-state index is 13.4. The second-order valence-electron chi connectivity index (χ2n) is 9.43. The zero-order valence-corrected chi connectivity index (χ0v) is 23.2. The van der Waals surface area contributed by atoms with Crippen LogP contribution in [0.1, 0.15) is 12.5 Å². The van der Waals surface area contributed by atoms with Gasteiger partial charge in [-0.1, -0.05) is 36.4 Å². The molecule has 2 aromatic carbocycles. The molecule has 10 nitrogen and oxygen atoms in total. The maximum Gasteiger partial charge on any atom is 0.271 e. The summed E-state index contributed by atoms with van der Waals surface area (Å²) in [4.78, 5) is 27.3. The van der Waals surface area contributed by atoms with Crippen molar-refractivity contribution in [3.05, 3.63) is 95.7 Å². The molecule has 1 fully saturated rings. The molecule has 3 aromatic rings. The third-order valence-corrected chi connectivity index (χ3v) is 8.85. The van der Waals surface area contributed by atoms with E-state index in [1.807, 2.05) is 36.4 Å². The molecule has 0 saturated carbocycles. The number of aromatic nitrogens is 2. The summed E-state index contributed by atoms with van der Waals surface area (Å²) >= 11 is 0. The molecule has 0 aliphatic carbocycles. The molecule has 0 spiro atoms. The number of carbonyl (C=O) groups is 2. The van der Waals surface area contributed by atoms with Crippen LogP contribution in [0.2, 0.25) is 0 Å². The highest BCUT2D eigenvalue weighted by molar-refractivity contribution is 7.89. The molecule has 3 heterocycles. The van der Waals surface area contributed by atoms with Crippen molar-refractivity contribution in [3.63, 3.8) is 0 Å². The van der Waals surface area contributed by atoms with Gasteiger partial charge in [-0.3, -0.25) is 14.5 Å². The van der Waals surface area contributed by atoms with Crippen LogP contribution >= 0.6 is 0 Å². The molecule has 2 aliphatic rings. The molecule has 1 aromatic heterocycles. The minimum atomic E-state index is -3.68. The van der Waals surface area contributed by atoms with E-state index in [1.54, 1.807) is 36.0 Å². The van der Waals surface area contributed by atoms with E-state index in [4.69, 9.17) is 9.84 Å². The van der Waals surface area contributed by atoms with Crippen molar-refractivity contribution in [2.45, 2.75) is 11.8 Å². The number of hydrogen-bond acceptors (Lipinski definition) is 7. The van der Waals surface area contributed by atoms with Gasteiger partial charge in [0.15, 0.2) is 0 Å². The van der Waals surface area contributed by atoms with Crippen molar-refractivity contribution in [2.24, 2.45) is 0 Å². The van der Waals surface area contributed by atoms with Gasteiger partial charge < -0.3 is 4.74 Å². The molecule has 1 saturated heterocycles. The second kappa shape index (κ2) is 11.5. The van der Waals surface area contributed by atoms with Crippen LogP contribution < -0.4 is 0 Å². The molecule has 2 aliphatic heterocycles. The lowest BCUT2D eigenvalue weighted by molar-refractivity contribution is -0.139. The lowest BCUT2D eigenvalue weighted by Gasteiger charge is -2.26. The van der Waals surface area contributed by atoms with Crippen molar-refractivity contribution in [2.75, 3.05) is 32.8 Å². The van der Waals surface area contributed by atoms with Crippen LogP contribution in [-0.4, -0.2) is 72.1 Å². The number of benzene rings is 2. The first-order chi connectivity index (χ1) is 19.8. The highest BCUT2D eigenvalue weighted by atomic mass is 32.2. The Kier molecular flexibility index (Phi) is 7.81. The van der Waals surface area contributed by atoms with E-state index in [9.17, 15) is 23.3 Å². The summed E-state index contributed by atoms with van der Waals surface area (Å²) < 4.78 is 34.6. The smallest absolute Gasteiger partial charge is 0.271 e. The van der Waals surface area contributed by atoms with Crippen LogP contribution in [0.5, 0.6) is 0 Å². The summed E-state index contributed by atoms with van der Waals surface area (Å²) in [6, 6.07) is 17.7. The van der Waals surface area contributed by atoms with E-state index in [1.165, 1.54) is 22.5 Å². The number of nitrogens with zero attached hydrogens (tertiary/aromatic N) is 5. The number of morpholine rings is 1. The Bertz CT molecular complexity index is 1730. The first kappa shape index (κ1) is 27.9. The number of imide groups is 1. The zero-order valence-electron chi connectivity index (χ0n) is 22.4. The number of para-hydroxylation sites is 1. The lowest BCUT2D eigenvalue weighted by Crippen LogP contribution is -2.42. The Morgan fingerprint density at radius 3 is 2.37 bits per heavy atom. The highest BCUT2D eigenvalue weighted by Crippen LogP contribution is 2.32. The Labute approximate surface area is 238 Å². The molecular formula is C30H27N5O5S. The molecule has 2 amide bonds. The summed E-state index contributed by atoms with van der Waals surface area (Å²) in [6.07, 6.45) is 4.78. The standard InChI is InChI=1S/C30H27N5O5S/c1-3-13-34-29(36)26(21(2)27(19-31)30(34)37)18-23-20-35(24-7-5-4-6-8-24)32-28(23)22-9-11-25(12-10-22)41(38,39)33-14-16-40-17-15-33/h3-12,18,20H,1,13-17H2,2H3/b26-18+. The van der Waals surface area contributed by atoms with Crippen molar-refractivity contribution in [1.82, 2.24) is 19.0 Å². The van der Waals surface area contributed by atoms with Gasteiger partial charge in [0.1, 0.15) is 11.6 Å². The molecule has 11 heteroatoms. The third-order valence-electron chi connectivity index (χ3n) is 6.94. The molecule has 208 valence electrons. The van der Waals surface area contributed by atoms with E-state index in [0.29, 0.717) is 43.1 Å². The zero-order chi connectivity index (χ0) is 29.1. The molecule has 0 unspecified atom stereocenters. The van der Waals surface area contributed by atoms with Crippen molar-refractivity contribution >= 4 is 27.9 Å². The van der Waals surface area contributed by atoms with Gasteiger partial charge in [0.2, 0.25) is 10.0 Å². The van der Waals surface area contributed by atoms with Gasteiger partial charge in [0, 0.05) is 42.5 Å². The summed E-state index contributed by atoms with van der Waals surface area (Å²) in [6.45, 7) is 6.43. The van der Waals surface area contributed by atoms with Gasteiger partial charge in [0.05, 0.1) is 29.5 Å². The Morgan fingerprint density at radius 1 is 1.05 bits per heavy atom. The highest BCUT2D eigenvalue weighted by Gasteiger charge is 2.35. The van der Waals surface area contributed by atoms with Gasteiger partial charge in [0.25, 0.3) is 11.8 Å². The molecule has 0 bridgehead atoms. The number of nitriles is 1. The number of sulfonamides is 1. The monoisotopic (exact) mass is 569 g/mol.